The predicted octanol–water partition coefficient (Wildman–Crippen LogP) is 2.46. The SMILES string of the molecule is CCOC(=O)C1C(OC)=C(OC(C)C)C(c2ccccc2)C(=O)N1C. The summed E-state index contributed by atoms with van der Waals surface area (Å²) in [5, 5.41) is 0. The number of hydrogen-bond acceptors (Lipinski definition) is 5. The molecule has 25 heavy (non-hydrogen) atoms. The third-order valence-electron chi connectivity index (χ3n) is 3.96. The largest absolute Gasteiger partial charge is 0.495 e. The molecule has 136 valence electrons. The van der Waals surface area contributed by atoms with Gasteiger partial charge in [-0.05, 0) is 26.3 Å². The van der Waals surface area contributed by atoms with E-state index in [0.29, 0.717) is 11.5 Å². The summed E-state index contributed by atoms with van der Waals surface area (Å²) in [4.78, 5) is 26.8. The maximum atomic E-state index is 13.0. The van der Waals surface area contributed by atoms with E-state index in [9.17, 15) is 9.59 Å². The molecule has 1 aromatic rings. The van der Waals surface area contributed by atoms with E-state index in [-0.39, 0.29) is 18.6 Å². The molecule has 1 aliphatic rings. The summed E-state index contributed by atoms with van der Waals surface area (Å²) >= 11 is 0. The van der Waals surface area contributed by atoms with E-state index in [1.54, 1.807) is 14.0 Å². The fourth-order valence-electron chi connectivity index (χ4n) is 2.91. The van der Waals surface area contributed by atoms with Crippen LogP contribution in [-0.4, -0.2) is 49.7 Å². The van der Waals surface area contributed by atoms with Crippen molar-refractivity contribution in [3.8, 4) is 0 Å². The summed E-state index contributed by atoms with van der Waals surface area (Å²) < 4.78 is 16.6. The van der Waals surface area contributed by atoms with Crippen molar-refractivity contribution >= 4 is 11.9 Å². The second-order valence-electron chi connectivity index (χ2n) is 6.05. The average molecular weight is 347 g/mol. The van der Waals surface area contributed by atoms with Crippen molar-refractivity contribution in [1.29, 1.82) is 0 Å². The Morgan fingerprint density at radius 1 is 1.20 bits per heavy atom. The molecule has 6 heteroatoms. The maximum absolute atomic E-state index is 13.0. The van der Waals surface area contributed by atoms with Crippen LogP contribution in [-0.2, 0) is 23.8 Å². The summed E-state index contributed by atoms with van der Waals surface area (Å²) in [5.41, 5.74) is 0.784. The molecule has 0 spiro atoms. The van der Waals surface area contributed by atoms with Crippen LogP contribution in [0.25, 0.3) is 0 Å². The second kappa shape index (κ2) is 8.05. The molecule has 2 unspecified atom stereocenters. The molecular weight excluding hydrogens is 322 g/mol. The Labute approximate surface area is 148 Å². The zero-order valence-corrected chi connectivity index (χ0v) is 15.3. The highest BCUT2D eigenvalue weighted by Crippen LogP contribution is 2.37. The second-order valence-corrected chi connectivity index (χ2v) is 6.05. The van der Waals surface area contributed by atoms with Crippen molar-refractivity contribution in [2.45, 2.75) is 38.8 Å². The van der Waals surface area contributed by atoms with E-state index in [0.717, 1.165) is 5.56 Å². The van der Waals surface area contributed by atoms with Gasteiger partial charge in [0.2, 0.25) is 5.91 Å². The minimum absolute atomic E-state index is 0.176. The summed E-state index contributed by atoms with van der Waals surface area (Å²) in [7, 11) is 3.04. The van der Waals surface area contributed by atoms with E-state index in [1.165, 1.54) is 12.0 Å². The van der Waals surface area contributed by atoms with Gasteiger partial charge in [0.15, 0.2) is 17.6 Å². The number of methoxy groups -OCH3 is 1. The normalized spacial score (nSPS) is 20.7. The number of amides is 1. The molecular formula is C19H25NO5. The fraction of sp³-hybridized carbons (Fsp3) is 0.474. The topological polar surface area (TPSA) is 65.1 Å². The van der Waals surface area contributed by atoms with Crippen LogP contribution < -0.4 is 0 Å². The first kappa shape index (κ1) is 18.8. The highest BCUT2D eigenvalue weighted by molar-refractivity contribution is 5.94. The number of hydrogen-bond donors (Lipinski definition) is 0. The van der Waals surface area contributed by atoms with Gasteiger partial charge in [-0.2, -0.15) is 0 Å². The number of benzene rings is 1. The van der Waals surface area contributed by atoms with E-state index in [4.69, 9.17) is 14.2 Å². The highest BCUT2D eigenvalue weighted by atomic mass is 16.5. The Balaban J connectivity index is 2.61. The Morgan fingerprint density at radius 3 is 2.36 bits per heavy atom. The van der Waals surface area contributed by atoms with Crippen molar-refractivity contribution in [2.24, 2.45) is 0 Å². The Morgan fingerprint density at radius 2 is 1.84 bits per heavy atom. The first-order valence-corrected chi connectivity index (χ1v) is 8.35. The molecule has 2 rings (SSSR count). The van der Waals surface area contributed by atoms with Gasteiger partial charge in [0.1, 0.15) is 5.92 Å². The lowest BCUT2D eigenvalue weighted by Gasteiger charge is -2.38. The monoisotopic (exact) mass is 347 g/mol. The van der Waals surface area contributed by atoms with Crippen molar-refractivity contribution in [1.82, 2.24) is 4.90 Å². The molecule has 0 aliphatic carbocycles. The first-order chi connectivity index (χ1) is 11.9. The predicted molar refractivity (Wildman–Crippen MR) is 92.6 cm³/mol. The molecule has 2 atom stereocenters. The number of carbonyl (C=O) groups is 2. The fourth-order valence-corrected chi connectivity index (χ4v) is 2.91. The van der Waals surface area contributed by atoms with Gasteiger partial charge in [-0.15, -0.1) is 0 Å². The Hall–Kier alpha value is -2.50. The molecule has 0 aromatic heterocycles. The van der Waals surface area contributed by atoms with Gasteiger partial charge in [-0.1, -0.05) is 30.3 Å². The first-order valence-electron chi connectivity index (χ1n) is 8.35. The Bertz CT molecular complexity index is 653. The molecule has 1 amide bonds. The lowest BCUT2D eigenvalue weighted by molar-refractivity contribution is -0.156. The van der Waals surface area contributed by atoms with Gasteiger partial charge >= 0.3 is 5.97 Å². The summed E-state index contributed by atoms with van der Waals surface area (Å²) in [6, 6.07) is 8.37. The minimum atomic E-state index is -0.953. The zero-order valence-electron chi connectivity index (χ0n) is 15.3. The quantitative estimate of drug-likeness (QED) is 0.740. The molecule has 0 radical (unpaired) electrons. The third kappa shape index (κ3) is 3.78. The molecule has 0 saturated heterocycles. The maximum Gasteiger partial charge on any atom is 0.336 e. The van der Waals surface area contributed by atoms with Gasteiger partial charge in [0.25, 0.3) is 0 Å². The van der Waals surface area contributed by atoms with Crippen LogP contribution in [0.15, 0.2) is 41.9 Å². The average Bonchev–Trinajstić information content (AvgIpc) is 2.58. The molecule has 0 saturated carbocycles. The molecule has 1 heterocycles. The van der Waals surface area contributed by atoms with Gasteiger partial charge in [0.05, 0.1) is 19.8 Å². The lowest BCUT2D eigenvalue weighted by atomic mass is 9.89. The number of rotatable bonds is 6. The molecule has 0 bridgehead atoms. The van der Waals surface area contributed by atoms with E-state index in [1.807, 2.05) is 44.2 Å². The van der Waals surface area contributed by atoms with Crippen molar-refractivity contribution in [3.05, 3.63) is 47.4 Å². The van der Waals surface area contributed by atoms with E-state index in [2.05, 4.69) is 0 Å². The molecule has 1 aromatic carbocycles. The minimum Gasteiger partial charge on any atom is -0.495 e. The van der Waals surface area contributed by atoms with Crippen LogP contribution in [0.2, 0.25) is 0 Å². The molecule has 6 nitrogen and oxygen atoms in total. The van der Waals surface area contributed by atoms with E-state index < -0.39 is 17.9 Å². The number of carbonyl (C=O) groups excluding carboxylic acids is 2. The zero-order chi connectivity index (χ0) is 18.6. The van der Waals surface area contributed by atoms with Crippen molar-refractivity contribution < 1.29 is 23.8 Å². The standard InChI is InChI=1S/C19H25NO5/c1-6-24-19(22)15-17(23-5)16(25-12(2)3)14(18(21)20(15)4)13-10-8-7-9-11-13/h7-12,14-15H,6H2,1-5H3. The van der Waals surface area contributed by atoms with Crippen LogP contribution in [0, 0.1) is 0 Å². The van der Waals surface area contributed by atoms with Crippen LogP contribution in [0.1, 0.15) is 32.3 Å². The van der Waals surface area contributed by atoms with Crippen LogP contribution in [0.5, 0.6) is 0 Å². The molecule has 0 N–H and O–H groups in total. The highest BCUT2D eigenvalue weighted by Gasteiger charge is 2.46. The Kier molecular flexibility index (Phi) is 6.07. The van der Waals surface area contributed by atoms with E-state index >= 15 is 0 Å². The lowest BCUT2D eigenvalue weighted by Crippen LogP contribution is -2.51. The van der Waals surface area contributed by atoms with Crippen molar-refractivity contribution in [3.63, 3.8) is 0 Å². The van der Waals surface area contributed by atoms with Gasteiger partial charge in [-0.3, -0.25) is 4.79 Å². The number of nitrogens with zero attached hydrogens (tertiary/aromatic N) is 1. The summed E-state index contributed by atoms with van der Waals surface area (Å²) in [6.07, 6.45) is -0.176. The summed E-state index contributed by atoms with van der Waals surface area (Å²) in [5.74, 6) is -0.755. The number of esters is 1. The molecule has 1 aliphatic heterocycles. The van der Waals surface area contributed by atoms with Crippen molar-refractivity contribution in [2.75, 3.05) is 20.8 Å². The smallest absolute Gasteiger partial charge is 0.336 e. The number of likely N-dealkylation sites (N-methyl/N-ethyl adjacent to an activating group) is 1. The van der Waals surface area contributed by atoms with Gasteiger partial charge in [-0.25, -0.2) is 4.79 Å². The van der Waals surface area contributed by atoms with Gasteiger partial charge in [0, 0.05) is 7.05 Å². The van der Waals surface area contributed by atoms with Crippen LogP contribution >= 0.6 is 0 Å². The molecule has 0 fully saturated rings. The number of ether oxygens (including phenoxy) is 3. The van der Waals surface area contributed by atoms with Crippen LogP contribution in [0.4, 0.5) is 0 Å². The summed E-state index contributed by atoms with van der Waals surface area (Å²) in [6.45, 7) is 5.67. The third-order valence-corrected chi connectivity index (χ3v) is 3.96. The van der Waals surface area contributed by atoms with Crippen LogP contribution in [0.3, 0.4) is 0 Å². The van der Waals surface area contributed by atoms with Gasteiger partial charge < -0.3 is 19.1 Å².